The summed E-state index contributed by atoms with van der Waals surface area (Å²) < 4.78 is 9.60. The van der Waals surface area contributed by atoms with E-state index in [0.717, 1.165) is 11.1 Å². The Balaban J connectivity index is 2.42. The number of rotatable bonds is 6. The van der Waals surface area contributed by atoms with E-state index in [1.54, 1.807) is 6.92 Å². The molecule has 0 heterocycles. The Morgan fingerprint density at radius 3 is 2.26 bits per heavy atom. The summed E-state index contributed by atoms with van der Waals surface area (Å²) in [4.78, 5) is 22.3. The molecule has 0 radical (unpaired) electrons. The number of esters is 2. The minimum absolute atomic E-state index is 0.261. The molecule has 4 nitrogen and oxygen atoms in total. The third-order valence-electron chi connectivity index (χ3n) is 2.57. The second kappa shape index (κ2) is 7.36. The van der Waals surface area contributed by atoms with Crippen LogP contribution in [0.4, 0.5) is 0 Å². The maximum atomic E-state index is 11.2. The molecule has 4 heteroatoms. The van der Waals surface area contributed by atoms with E-state index >= 15 is 0 Å². The Morgan fingerprint density at radius 2 is 1.74 bits per heavy atom. The largest absolute Gasteiger partial charge is 0.469 e. The average molecular weight is 262 g/mol. The third-order valence-corrected chi connectivity index (χ3v) is 2.57. The lowest BCUT2D eigenvalue weighted by molar-refractivity contribution is -0.140. The second-order valence-corrected chi connectivity index (χ2v) is 4.24. The van der Waals surface area contributed by atoms with Gasteiger partial charge in [-0.15, -0.1) is 0 Å². The highest BCUT2D eigenvalue weighted by molar-refractivity contribution is 5.86. The highest BCUT2D eigenvalue weighted by Crippen LogP contribution is 2.07. The van der Waals surface area contributed by atoms with E-state index in [2.05, 4.69) is 11.3 Å². The molecule has 0 unspecified atom stereocenters. The summed E-state index contributed by atoms with van der Waals surface area (Å²) in [7, 11) is 1.37. The van der Waals surface area contributed by atoms with Crippen molar-refractivity contribution in [2.75, 3.05) is 13.7 Å². The zero-order valence-corrected chi connectivity index (χ0v) is 11.3. The summed E-state index contributed by atoms with van der Waals surface area (Å²) in [6, 6.07) is 7.55. The molecular formula is C15H18O4. The van der Waals surface area contributed by atoms with Gasteiger partial charge in [-0.3, -0.25) is 4.79 Å². The molecule has 0 aliphatic carbocycles. The van der Waals surface area contributed by atoms with Crippen molar-refractivity contribution in [3.8, 4) is 0 Å². The first-order valence-corrected chi connectivity index (χ1v) is 6.00. The average Bonchev–Trinajstić information content (AvgIpc) is 2.40. The van der Waals surface area contributed by atoms with Crippen LogP contribution in [0.5, 0.6) is 0 Å². The van der Waals surface area contributed by atoms with Crippen LogP contribution in [0.25, 0.3) is 0 Å². The molecule has 102 valence electrons. The van der Waals surface area contributed by atoms with Gasteiger partial charge in [0.15, 0.2) is 0 Å². The molecule has 0 saturated heterocycles. The van der Waals surface area contributed by atoms with Gasteiger partial charge in [-0.2, -0.15) is 0 Å². The van der Waals surface area contributed by atoms with Crippen LogP contribution in [0.3, 0.4) is 0 Å². The fraction of sp³-hybridized carbons (Fsp3) is 0.333. The predicted octanol–water partition coefficient (Wildman–Crippen LogP) is 2.06. The lowest BCUT2D eigenvalue weighted by Crippen LogP contribution is -2.08. The Labute approximate surface area is 113 Å². The number of carbonyl (C=O) groups is 2. The topological polar surface area (TPSA) is 52.6 Å². The van der Waals surface area contributed by atoms with Gasteiger partial charge in [0.2, 0.25) is 0 Å². The van der Waals surface area contributed by atoms with Crippen LogP contribution >= 0.6 is 0 Å². The van der Waals surface area contributed by atoms with Crippen molar-refractivity contribution >= 4 is 11.9 Å². The number of hydrogen-bond acceptors (Lipinski definition) is 4. The highest BCUT2D eigenvalue weighted by Gasteiger charge is 2.04. The first kappa shape index (κ1) is 15.0. The molecule has 0 fully saturated rings. The number of hydrogen-bond donors (Lipinski definition) is 0. The van der Waals surface area contributed by atoms with Gasteiger partial charge in [-0.1, -0.05) is 30.8 Å². The van der Waals surface area contributed by atoms with Gasteiger partial charge in [0.25, 0.3) is 0 Å². The first-order chi connectivity index (χ1) is 9.02. The fourth-order valence-corrected chi connectivity index (χ4v) is 1.45. The maximum Gasteiger partial charge on any atom is 0.333 e. The molecule has 0 aliphatic rings. The normalized spacial score (nSPS) is 9.79. The summed E-state index contributed by atoms with van der Waals surface area (Å²) >= 11 is 0. The third kappa shape index (κ3) is 5.38. The number of benzene rings is 1. The summed E-state index contributed by atoms with van der Waals surface area (Å²) in [5.41, 5.74) is 2.34. The molecule has 0 amide bonds. The summed E-state index contributed by atoms with van der Waals surface area (Å²) in [5, 5.41) is 0. The van der Waals surface area contributed by atoms with Gasteiger partial charge in [0, 0.05) is 12.0 Å². The smallest absolute Gasteiger partial charge is 0.333 e. The zero-order valence-electron chi connectivity index (χ0n) is 11.3. The van der Waals surface area contributed by atoms with E-state index in [9.17, 15) is 9.59 Å². The Bertz CT molecular complexity index is 460. The molecule has 1 aromatic carbocycles. The van der Waals surface area contributed by atoms with E-state index < -0.39 is 0 Å². The Hall–Kier alpha value is -2.10. The van der Waals surface area contributed by atoms with Gasteiger partial charge in [0.05, 0.1) is 20.1 Å². The molecule has 0 atom stereocenters. The van der Waals surface area contributed by atoms with Crippen LogP contribution in [-0.4, -0.2) is 25.7 Å². The van der Waals surface area contributed by atoms with Crippen molar-refractivity contribution in [2.45, 2.75) is 19.8 Å². The van der Waals surface area contributed by atoms with Gasteiger partial charge in [-0.05, 0) is 18.1 Å². The summed E-state index contributed by atoms with van der Waals surface area (Å²) in [6.07, 6.45) is 0.902. The molecule has 19 heavy (non-hydrogen) atoms. The number of methoxy groups -OCH3 is 1. The lowest BCUT2D eigenvalue weighted by Gasteiger charge is -2.05. The van der Waals surface area contributed by atoms with Crippen molar-refractivity contribution in [2.24, 2.45) is 0 Å². The molecule has 1 rings (SSSR count). The highest BCUT2D eigenvalue weighted by atomic mass is 16.5. The maximum absolute atomic E-state index is 11.2. The lowest BCUT2D eigenvalue weighted by atomic mass is 10.1. The minimum Gasteiger partial charge on any atom is -0.469 e. The number of ether oxygens (including phenoxy) is 2. The van der Waals surface area contributed by atoms with Crippen molar-refractivity contribution in [1.82, 2.24) is 0 Å². The molecule has 1 aromatic rings. The predicted molar refractivity (Wildman–Crippen MR) is 71.6 cm³/mol. The van der Waals surface area contributed by atoms with E-state index in [1.165, 1.54) is 7.11 Å². The molecule has 0 spiro atoms. The van der Waals surface area contributed by atoms with Gasteiger partial charge in [-0.25, -0.2) is 4.79 Å². The molecule has 0 aromatic heterocycles. The second-order valence-electron chi connectivity index (χ2n) is 4.24. The van der Waals surface area contributed by atoms with Crippen LogP contribution in [0, 0.1) is 0 Å². The minimum atomic E-state index is -0.373. The van der Waals surface area contributed by atoms with Crippen LogP contribution in [0.2, 0.25) is 0 Å². The van der Waals surface area contributed by atoms with Crippen molar-refractivity contribution in [3.63, 3.8) is 0 Å². The summed E-state index contributed by atoms with van der Waals surface area (Å²) in [5.74, 6) is -0.634. The van der Waals surface area contributed by atoms with Crippen LogP contribution in [0.15, 0.2) is 36.4 Å². The molecule has 0 aliphatic heterocycles. The van der Waals surface area contributed by atoms with Crippen LogP contribution < -0.4 is 0 Å². The SMILES string of the molecule is C=C(C)C(=O)OCCc1ccc(CC(=O)OC)cc1. The van der Waals surface area contributed by atoms with Crippen molar-refractivity contribution < 1.29 is 19.1 Å². The monoisotopic (exact) mass is 262 g/mol. The Kier molecular flexibility index (Phi) is 5.79. The molecule has 0 bridgehead atoms. The standard InChI is InChI=1S/C15H18O4/c1-11(2)15(17)19-9-8-12-4-6-13(7-5-12)10-14(16)18-3/h4-7H,1,8-10H2,2-3H3. The first-order valence-electron chi connectivity index (χ1n) is 6.00. The number of carbonyl (C=O) groups excluding carboxylic acids is 2. The summed E-state index contributed by atoms with van der Waals surface area (Å²) in [6.45, 7) is 5.45. The molecule has 0 N–H and O–H groups in total. The van der Waals surface area contributed by atoms with E-state index in [1.807, 2.05) is 24.3 Å². The van der Waals surface area contributed by atoms with Gasteiger partial charge >= 0.3 is 11.9 Å². The Morgan fingerprint density at radius 1 is 1.16 bits per heavy atom. The van der Waals surface area contributed by atoms with Gasteiger partial charge in [0.1, 0.15) is 0 Å². The van der Waals surface area contributed by atoms with E-state index in [-0.39, 0.29) is 18.4 Å². The van der Waals surface area contributed by atoms with Gasteiger partial charge < -0.3 is 9.47 Å². The van der Waals surface area contributed by atoms with Crippen LogP contribution in [0.1, 0.15) is 18.1 Å². The van der Waals surface area contributed by atoms with Crippen molar-refractivity contribution in [3.05, 3.63) is 47.5 Å². The zero-order chi connectivity index (χ0) is 14.3. The van der Waals surface area contributed by atoms with Crippen molar-refractivity contribution in [1.29, 1.82) is 0 Å². The molecule has 0 saturated carbocycles. The molecular weight excluding hydrogens is 244 g/mol. The van der Waals surface area contributed by atoms with E-state index in [0.29, 0.717) is 18.6 Å². The quantitative estimate of drug-likeness (QED) is 0.581. The van der Waals surface area contributed by atoms with E-state index in [4.69, 9.17) is 4.74 Å². The fourth-order valence-electron chi connectivity index (χ4n) is 1.45. The van der Waals surface area contributed by atoms with Crippen LogP contribution in [-0.2, 0) is 31.9 Å².